The molecule has 0 aliphatic carbocycles. The third-order valence-corrected chi connectivity index (χ3v) is 6.19. The fraction of sp³-hybridized carbons (Fsp3) is 0.136. The van der Waals surface area contributed by atoms with E-state index in [1.807, 2.05) is 6.07 Å². The molecule has 1 atom stereocenters. The van der Waals surface area contributed by atoms with Gasteiger partial charge in [-0.3, -0.25) is 9.59 Å². The van der Waals surface area contributed by atoms with Gasteiger partial charge in [-0.1, -0.05) is 24.3 Å². The predicted octanol–water partition coefficient (Wildman–Crippen LogP) is 1.70. The summed E-state index contributed by atoms with van der Waals surface area (Å²) in [6, 6.07) is 15.6. The lowest BCUT2D eigenvalue weighted by Crippen LogP contribution is -2.26. The second kappa shape index (κ2) is 9.07. The van der Waals surface area contributed by atoms with Crippen molar-refractivity contribution in [2.24, 2.45) is 0 Å². The van der Waals surface area contributed by atoms with Crippen LogP contribution in [-0.2, 0) is 17.3 Å². The van der Waals surface area contributed by atoms with Gasteiger partial charge in [0.25, 0.3) is 11.1 Å². The highest BCUT2D eigenvalue weighted by Gasteiger charge is 2.16. The number of nitrogens with zero attached hydrogens (tertiary/aromatic N) is 2. The Kier molecular flexibility index (Phi) is 6.06. The molecule has 0 saturated heterocycles. The Hall–Kier alpha value is -3.56. The number of hydrogen-bond acceptors (Lipinski definition) is 6. The van der Waals surface area contributed by atoms with Gasteiger partial charge in [-0.25, -0.2) is 8.89 Å². The molecule has 0 spiro atoms. The summed E-state index contributed by atoms with van der Waals surface area (Å²) < 4.78 is 14.4. The van der Waals surface area contributed by atoms with Crippen LogP contribution < -0.4 is 16.4 Å². The molecule has 0 aliphatic rings. The van der Waals surface area contributed by atoms with Gasteiger partial charge in [0, 0.05) is 28.6 Å². The molecule has 2 aromatic carbocycles. The van der Waals surface area contributed by atoms with Crippen LogP contribution in [0.25, 0.3) is 10.8 Å². The summed E-state index contributed by atoms with van der Waals surface area (Å²) in [7, 11) is -1.49. The van der Waals surface area contributed by atoms with E-state index in [-0.39, 0.29) is 30.8 Å². The average molecular weight is 436 g/mol. The van der Waals surface area contributed by atoms with Crippen molar-refractivity contribution in [3.05, 3.63) is 93.3 Å². The van der Waals surface area contributed by atoms with E-state index >= 15 is 0 Å². The predicted molar refractivity (Wildman–Crippen MR) is 119 cm³/mol. The fourth-order valence-electron chi connectivity index (χ4n) is 3.22. The number of aromatic nitrogens is 3. The lowest BCUT2D eigenvalue weighted by Gasteiger charge is -2.13. The van der Waals surface area contributed by atoms with Crippen molar-refractivity contribution >= 4 is 27.3 Å². The lowest BCUT2D eigenvalue weighted by molar-refractivity contribution is 0.311. The van der Waals surface area contributed by atoms with E-state index in [0.29, 0.717) is 31.8 Å². The number of aliphatic hydroxyl groups excluding tert-OH is 1. The molecule has 1 unspecified atom stereocenters. The molecule has 9 heteroatoms. The number of anilines is 1. The van der Waals surface area contributed by atoms with E-state index in [2.05, 4.69) is 15.4 Å². The van der Waals surface area contributed by atoms with Crippen LogP contribution in [0.2, 0.25) is 0 Å². The van der Waals surface area contributed by atoms with Crippen molar-refractivity contribution < 1.29 is 9.32 Å². The van der Waals surface area contributed by atoms with Crippen molar-refractivity contribution in [2.75, 3.05) is 18.5 Å². The number of pyridine rings is 1. The van der Waals surface area contributed by atoms with E-state index in [4.69, 9.17) is 0 Å². The van der Waals surface area contributed by atoms with E-state index in [1.165, 1.54) is 17.1 Å². The van der Waals surface area contributed by atoms with Crippen LogP contribution in [0.4, 0.5) is 5.69 Å². The number of benzene rings is 2. The first-order valence-electron chi connectivity index (χ1n) is 9.60. The summed E-state index contributed by atoms with van der Waals surface area (Å²) in [6.45, 7) is 0.151. The van der Waals surface area contributed by atoms with Crippen molar-refractivity contribution in [3.63, 3.8) is 0 Å². The molecule has 0 saturated carbocycles. The summed E-state index contributed by atoms with van der Waals surface area (Å²) in [5.74, 6) is 0. The van der Waals surface area contributed by atoms with Gasteiger partial charge in [-0.15, -0.1) is 0 Å². The van der Waals surface area contributed by atoms with Crippen LogP contribution >= 0.6 is 0 Å². The summed E-state index contributed by atoms with van der Waals surface area (Å²) in [5.41, 5.74) is 0.257. The Morgan fingerprint density at radius 2 is 1.90 bits per heavy atom. The van der Waals surface area contributed by atoms with Gasteiger partial charge in [-0.2, -0.15) is 5.10 Å². The molecule has 2 heterocycles. The van der Waals surface area contributed by atoms with E-state index in [1.54, 1.807) is 48.5 Å². The zero-order valence-electron chi connectivity index (χ0n) is 16.4. The van der Waals surface area contributed by atoms with Crippen molar-refractivity contribution in [2.45, 2.75) is 16.3 Å². The second-order valence-corrected chi connectivity index (χ2v) is 8.25. The number of hydrogen-bond donors (Lipinski definition) is 3. The standard InChI is InChI=1S/C22H20N4O4S/c27-10-9-23-19-12-18-16(11-20(19)31(30)17-6-2-1-3-7-17)13-25-26(22(18)29)14-15-5-4-8-24-21(15)28/h1-8,11-13,23,27H,9-10,14H2,(H,24,28). The van der Waals surface area contributed by atoms with Gasteiger partial charge in [0.1, 0.15) is 0 Å². The first-order chi connectivity index (χ1) is 15.1. The minimum Gasteiger partial charge on any atom is -0.395 e. The molecule has 0 radical (unpaired) electrons. The smallest absolute Gasteiger partial charge is 0.275 e. The Morgan fingerprint density at radius 1 is 1.10 bits per heavy atom. The average Bonchev–Trinajstić information content (AvgIpc) is 2.80. The zero-order chi connectivity index (χ0) is 21.8. The number of rotatable bonds is 7. The normalized spacial score (nSPS) is 12.0. The molecule has 4 rings (SSSR count). The number of nitrogens with one attached hydrogen (secondary N) is 2. The Balaban J connectivity index is 1.82. The second-order valence-electron chi connectivity index (χ2n) is 6.80. The maximum Gasteiger partial charge on any atom is 0.275 e. The number of H-pyrrole nitrogens is 1. The molecule has 158 valence electrons. The zero-order valence-corrected chi connectivity index (χ0v) is 17.3. The summed E-state index contributed by atoms with van der Waals surface area (Å²) in [4.78, 5) is 28.7. The number of fused-ring (bicyclic) bond motifs is 1. The molecular weight excluding hydrogens is 416 g/mol. The Labute approximate surface area is 179 Å². The lowest BCUT2D eigenvalue weighted by atomic mass is 10.1. The Morgan fingerprint density at radius 3 is 2.65 bits per heavy atom. The first-order valence-corrected chi connectivity index (χ1v) is 10.8. The quantitative estimate of drug-likeness (QED) is 0.406. The molecule has 31 heavy (non-hydrogen) atoms. The largest absolute Gasteiger partial charge is 0.395 e. The van der Waals surface area contributed by atoms with Crippen LogP contribution in [0.1, 0.15) is 5.56 Å². The number of aliphatic hydroxyl groups is 1. The van der Waals surface area contributed by atoms with E-state index < -0.39 is 10.8 Å². The van der Waals surface area contributed by atoms with Crippen LogP contribution in [0, 0.1) is 0 Å². The maximum atomic E-state index is 13.2. The van der Waals surface area contributed by atoms with Gasteiger partial charge < -0.3 is 15.4 Å². The molecule has 0 amide bonds. The van der Waals surface area contributed by atoms with Crippen LogP contribution in [0.5, 0.6) is 0 Å². The highest BCUT2D eigenvalue weighted by atomic mass is 32.2. The van der Waals surface area contributed by atoms with Crippen LogP contribution in [0.3, 0.4) is 0 Å². The summed E-state index contributed by atoms with van der Waals surface area (Å²) >= 11 is 0. The third-order valence-electron chi connectivity index (χ3n) is 4.76. The van der Waals surface area contributed by atoms with Crippen molar-refractivity contribution in [1.29, 1.82) is 0 Å². The van der Waals surface area contributed by atoms with E-state index in [9.17, 15) is 18.9 Å². The van der Waals surface area contributed by atoms with Gasteiger partial charge >= 0.3 is 0 Å². The molecule has 4 aromatic rings. The molecule has 3 N–H and O–H groups in total. The topological polar surface area (TPSA) is 117 Å². The van der Waals surface area contributed by atoms with Crippen molar-refractivity contribution in [3.8, 4) is 0 Å². The highest BCUT2D eigenvalue weighted by Crippen LogP contribution is 2.28. The number of aromatic amines is 1. The van der Waals surface area contributed by atoms with Gasteiger partial charge in [0.2, 0.25) is 0 Å². The molecule has 2 aromatic heterocycles. The fourth-order valence-corrected chi connectivity index (χ4v) is 4.44. The molecule has 0 bridgehead atoms. The minimum absolute atomic E-state index is 0.0298. The monoisotopic (exact) mass is 436 g/mol. The molecular formula is C22H20N4O4S. The molecule has 8 nitrogen and oxygen atoms in total. The Bertz CT molecular complexity index is 1370. The SMILES string of the molecule is O=c1[nH]cccc1Cn1ncc2cc(S(=O)c3ccccc3)c(NCCO)cc2c1=O. The third kappa shape index (κ3) is 4.32. The maximum absolute atomic E-state index is 13.2. The van der Waals surface area contributed by atoms with Crippen LogP contribution in [-0.4, -0.2) is 37.2 Å². The first kappa shape index (κ1) is 20.7. The molecule has 0 aliphatic heterocycles. The van der Waals surface area contributed by atoms with Gasteiger partial charge in [-0.05, 0) is 30.3 Å². The summed E-state index contributed by atoms with van der Waals surface area (Å²) in [5, 5.41) is 17.4. The summed E-state index contributed by atoms with van der Waals surface area (Å²) in [6.07, 6.45) is 3.05. The van der Waals surface area contributed by atoms with Gasteiger partial charge in [0.05, 0.1) is 46.1 Å². The van der Waals surface area contributed by atoms with E-state index in [0.717, 1.165) is 0 Å². The van der Waals surface area contributed by atoms with Crippen LogP contribution in [0.15, 0.2) is 86.4 Å². The van der Waals surface area contributed by atoms with Gasteiger partial charge in [0.15, 0.2) is 0 Å². The highest BCUT2D eigenvalue weighted by molar-refractivity contribution is 7.85. The van der Waals surface area contributed by atoms with Crippen molar-refractivity contribution in [1.82, 2.24) is 14.8 Å². The molecule has 0 fully saturated rings. The minimum atomic E-state index is -1.49.